The first-order valence-electron chi connectivity index (χ1n) is 7.02. The lowest BCUT2D eigenvalue weighted by molar-refractivity contribution is 0.237. The molecule has 0 unspecified atom stereocenters. The molecule has 1 aromatic rings. The highest BCUT2D eigenvalue weighted by atomic mass is 16.5. The topological polar surface area (TPSA) is 38.5 Å². The molecular formula is C15H24N2O. The second-order valence-electron chi connectivity index (χ2n) is 4.94. The van der Waals surface area contributed by atoms with Gasteiger partial charge in [0.2, 0.25) is 0 Å². The van der Waals surface area contributed by atoms with Crippen LogP contribution in [0.4, 0.5) is 0 Å². The van der Waals surface area contributed by atoms with Gasteiger partial charge < -0.3 is 10.5 Å². The van der Waals surface area contributed by atoms with Crippen LogP contribution in [-0.2, 0) is 6.42 Å². The minimum atomic E-state index is 0.750. The van der Waals surface area contributed by atoms with Crippen molar-refractivity contribution in [1.82, 2.24) is 4.90 Å². The number of nitrogens with two attached hydrogens (primary N) is 1. The summed E-state index contributed by atoms with van der Waals surface area (Å²) in [6, 6.07) is 8.38. The van der Waals surface area contributed by atoms with Gasteiger partial charge in [0, 0.05) is 6.54 Å². The molecule has 0 atom stereocenters. The molecule has 18 heavy (non-hydrogen) atoms. The van der Waals surface area contributed by atoms with Crippen molar-refractivity contribution < 1.29 is 4.74 Å². The van der Waals surface area contributed by atoms with E-state index in [0.29, 0.717) is 0 Å². The Morgan fingerprint density at radius 2 is 2.06 bits per heavy atom. The molecule has 3 nitrogen and oxygen atoms in total. The van der Waals surface area contributed by atoms with Gasteiger partial charge in [0.1, 0.15) is 12.4 Å². The molecule has 1 aliphatic rings. The Hall–Kier alpha value is -1.06. The maximum atomic E-state index is 5.82. The van der Waals surface area contributed by atoms with Crippen molar-refractivity contribution in [3.8, 4) is 5.75 Å². The minimum absolute atomic E-state index is 0.750. The number of hydrogen-bond donors (Lipinski definition) is 1. The summed E-state index contributed by atoms with van der Waals surface area (Å²) in [5, 5.41) is 0. The van der Waals surface area contributed by atoms with E-state index >= 15 is 0 Å². The first-order valence-corrected chi connectivity index (χ1v) is 7.02. The molecule has 2 rings (SSSR count). The van der Waals surface area contributed by atoms with E-state index in [1.165, 1.54) is 31.5 Å². The maximum absolute atomic E-state index is 5.82. The van der Waals surface area contributed by atoms with Crippen LogP contribution in [0.25, 0.3) is 0 Å². The van der Waals surface area contributed by atoms with E-state index in [-0.39, 0.29) is 0 Å². The molecule has 3 heteroatoms. The van der Waals surface area contributed by atoms with E-state index in [4.69, 9.17) is 10.5 Å². The van der Waals surface area contributed by atoms with Gasteiger partial charge in [-0.3, -0.25) is 4.90 Å². The second kappa shape index (κ2) is 7.39. The number of benzene rings is 1. The fourth-order valence-electron chi connectivity index (χ4n) is 2.40. The van der Waals surface area contributed by atoms with Crippen LogP contribution in [0.1, 0.15) is 24.8 Å². The SMILES string of the molecule is NCCCc1cccc(OCCN2CCCC2)c1. The molecule has 100 valence electrons. The number of aryl methyl sites for hydroxylation is 1. The molecule has 0 amide bonds. The van der Waals surface area contributed by atoms with E-state index < -0.39 is 0 Å². The van der Waals surface area contributed by atoms with Crippen molar-refractivity contribution in [2.24, 2.45) is 5.73 Å². The number of likely N-dealkylation sites (tertiary alicyclic amines) is 1. The molecule has 1 heterocycles. The van der Waals surface area contributed by atoms with Gasteiger partial charge in [0.25, 0.3) is 0 Å². The van der Waals surface area contributed by atoms with Crippen molar-refractivity contribution in [1.29, 1.82) is 0 Å². The van der Waals surface area contributed by atoms with Gasteiger partial charge >= 0.3 is 0 Å². The van der Waals surface area contributed by atoms with E-state index in [0.717, 1.165) is 38.3 Å². The predicted octanol–water partition coefficient (Wildman–Crippen LogP) is 2.05. The predicted molar refractivity (Wildman–Crippen MR) is 75.0 cm³/mol. The fourth-order valence-corrected chi connectivity index (χ4v) is 2.40. The molecule has 1 fully saturated rings. The van der Waals surface area contributed by atoms with Gasteiger partial charge in [-0.05, 0) is 63.0 Å². The quantitative estimate of drug-likeness (QED) is 0.802. The van der Waals surface area contributed by atoms with Crippen LogP contribution in [0.15, 0.2) is 24.3 Å². The fraction of sp³-hybridized carbons (Fsp3) is 0.600. The molecule has 1 saturated heterocycles. The van der Waals surface area contributed by atoms with Gasteiger partial charge in [0.05, 0.1) is 0 Å². The van der Waals surface area contributed by atoms with Crippen LogP contribution in [0.2, 0.25) is 0 Å². The summed E-state index contributed by atoms with van der Waals surface area (Å²) in [5.41, 5.74) is 6.85. The summed E-state index contributed by atoms with van der Waals surface area (Å²) in [6.07, 6.45) is 4.76. The summed E-state index contributed by atoms with van der Waals surface area (Å²) >= 11 is 0. The molecule has 1 aliphatic heterocycles. The Bertz CT molecular complexity index is 348. The van der Waals surface area contributed by atoms with E-state index in [9.17, 15) is 0 Å². The van der Waals surface area contributed by atoms with Crippen molar-refractivity contribution in [2.45, 2.75) is 25.7 Å². The molecule has 0 aromatic heterocycles. The van der Waals surface area contributed by atoms with Crippen LogP contribution in [-0.4, -0.2) is 37.7 Å². The first kappa shape index (κ1) is 13.4. The summed E-state index contributed by atoms with van der Waals surface area (Å²) in [5.74, 6) is 0.990. The highest BCUT2D eigenvalue weighted by Crippen LogP contribution is 2.15. The average Bonchev–Trinajstić information content (AvgIpc) is 2.90. The molecule has 0 spiro atoms. The lowest BCUT2D eigenvalue weighted by atomic mass is 10.1. The lowest BCUT2D eigenvalue weighted by Crippen LogP contribution is -2.25. The molecule has 1 aromatic carbocycles. The Morgan fingerprint density at radius 1 is 1.22 bits per heavy atom. The Balaban J connectivity index is 1.74. The van der Waals surface area contributed by atoms with Crippen LogP contribution < -0.4 is 10.5 Å². The molecule has 0 saturated carbocycles. The number of ether oxygens (including phenoxy) is 1. The standard InChI is InChI=1S/C15H24N2O/c16-8-4-6-14-5-3-7-15(13-14)18-12-11-17-9-1-2-10-17/h3,5,7,13H,1-2,4,6,8-12,16H2. The van der Waals surface area contributed by atoms with Crippen LogP contribution in [0.5, 0.6) is 5.75 Å². The zero-order valence-corrected chi connectivity index (χ0v) is 11.1. The van der Waals surface area contributed by atoms with Gasteiger partial charge in [-0.15, -0.1) is 0 Å². The smallest absolute Gasteiger partial charge is 0.119 e. The number of hydrogen-bond acceptors (Lipinski definition) is 3. The van der Waals surface area contributed by atoms with Crippen molar-refractivity contribution in [2.75, 3.05) is 32.8 Å². The highest BCUT2D eigenvalue weighted by Gasteiger charge is 2.10. The third kappa shape index (κ3) is 4.31. The highest BCUT2D eigenvalue weighted by molar-refractivity contribution is 5.28. The normalized spacial score (nSPS) is 16.1. The average molecular weight is 248 g/mol. The van der Waals surface area contributed by atoms with E-state index in [1.807, 2.05) is 6.07 Å². The number of nitrogens with zero attached hydrogens (tertiary/aromatic N) is 1. The van der Waals surface area contributed by atoms with Crippen LogP contribution in [0, 0.1) is 0 Å². The molecule has 0 aliphatic carbocycles. The van der Waals surface area contributed by atoms with Crippen molar-refractivity contribution in [3.63, 3.8) is 0 Å². The first-order chi connectivity index (χ1) is 8.88. The van der Waals surface area contributed by atoms with Crippen LogP contribution >= 0.6 is 0 Å². The monoisotopic (exact) mass is 248 g/mol. The summed E-state index contributed by atoms with van der Waals surface area (Å²) in [6.45, 7) is 5.06. The summed E-state index contributed by atoms with van der Waals surface area (Å²) in [4.78, 5) is 2.47. The van der Waals surface area contributed by atoms with Crippen molar-refractivity contribution >= 4 is 0 Å². The molecule has 0 radical (unpaired) electrons. The lowest BCUT2D eigenvalue weighted by Gasteiger charge is -2.15. The van der Waals surface area contributed by atoms with Gasteiger partial charge in [-0.25, -0.2) is 0 Å². The molecule has 2 N–H and O–H groups in total. The Kier molecular flexibility index (Phi) is 5.49. The molecule has 0 bridgehead atoms. The van der Waals surface area contributed by atoms with Gasteiger partial charge in [0.15, 0.2) is 0 Å². The summed E-state index contributed by atoms with van der Waals surface area (Å²) in [7, 11) is 0. The Morgan fingerprint density at radius 3 is 2.83 bits per heavy atom. The minimum Gasteiger partial charge on any atom is -0.492 e. The maximum Gasteiger partial charge on any atom is 0.119 e. The van der Waals surface area contributed by atoms with Crippen molar-refractivity contribution in [3.05, 3.63) is 29.8 Å². The Labute approximate surface area is 110 Å². The third-order valence-corrected chi connectivity index (χ3v) is 3.44. The van der Waals surface area contributed by atoms with Gasteiger partial charge in [-0.1, -0.05) is 12.1 Å². The zero-order valence-electron chi connectivity index (χ0n) is 11.1. The van der Waals surface area contributed by atoms with E-state index in [2.05, 4.69) is 23.1 Å². The molecular weight excluding hydrogens is 224 g/mol. The van der Waals surface area contributed by atoms with Crippen LogP contribution in [0.3, 0.4) is 0 Å². The summed E-state index contributed by atoms with van der Waals surface area (Å²) < 4.78 is 5.82. The second-order valence-corrected chi connectivity index (χ2v) is 4.94. The largest absolute Gasteiger partial charge is 0.492 e. The number of rotatable bonds is 7. The van der Waals surface area contributed by atoms with Gasteiger partial charge in [-0.2, -0.15) is 0 Å². The third-order valence-electron chi connectivity index (χ3n) is 3.44. The van der Waals surface area contributed by atoms with E-state index in [1.54, 1.807) is 0 Å². The zero-order chi connectivity index (χ0) is 12.6.